The van der Waals surface area contributed by atoms with Gasteiger partial charge in [0.25, 0.3) is 0 Å². The molecule has 0 aliphatic carbocycles. The van der Waals surface area contributed by atoms with Gasteiger partial charge in [0, 0.05) is 23.3 Å². The Labute approximate surface area is 128 Å². The minimum absolute atomic E-state index is 0.0803. The van der Waals surface area contributed by atoms with Gasteiger partial charge in [-0.1, -0.05) is 0 Å². The average Bonchev–Trinajstić information content (AvgIpc) is 3.06. The second kappa shape index (κ2) is 6.82. The number of amides is 1. The van der Waals surface area contributed by atoms with Crippen LogP contribution in [0.5, 0.6) is 0 Å². The lowest BCUT2D eigenvalue weighted by atomic mass is 10.2. The van der Waals surface area contributed by atoms with E-state index in [1.54, 1.807) is 6.20 Å². The van der Waals surface area contributed by atoms with Crippen LogP contribution in [0.3, 0.4) is 0 Å². The van der Waals surface area contributed by atoms with Crippen LogP contribution in [-0.4, -0.2) is 33.3 Å². The monoisotopic (exact) mass is 307 g/mol. The summed E-state index contributed by atoms with van der Waals surface area (Å²) >= 11 is 1.50. The van der Waals surface area contributed by atoms with E-state index in [2.05, 4.69) is 27.6 Å². The number of hydrogen-bond acceptors (Lipinski definition) is 5. The molecule has 0 radical (unpaired) electrons. The van der Waals surface area contributed by atoms with Crippen LogP contribution in [0.25, 0.3) is 0 Å². The van der Waals surface area contributed by atoms with Crippen molar-refractivity contribution >= 4 is 22.4 Å². The third kappa shape index (κ3) is 4.12. The maximum Gasteiger partial charge on any atom is 0.240 e. The van der Waals surface area contributed by atoms with Gasteiger partial charge in [-0.15, -0.1) is 11.3 Å². The molecule has 2 N–H and O–H groups in total. The van der Waals surface area contributed by atoms with Crippen LogP contribution in [0.15, 0.2) is 18.5 Å². The van der Waals surface area contributed by atoms with Gasteiger partial charge in [0.2, 0.25) is 5.91 Å². The highest BCUT2D eigenvalue weighted by atomic mass is 32.1. The first-order valence-corrected chi connectivity index (χ1v) is 7.75. The average molecular weight is 307 g/mol. The van der Waals surface area contributed by atoms with Gasteiger partial charge in [0.05, 0.1) is 18.3 Å². The molecule has 0 aliphatic rings. The third-order valence-electron chi connectivity index (χ3n) is 3.53. The van der Waals surface area contributed by atoms with E-state index in [-0.39, 0.29) is 24.5 Å². The van der Waals surface area contributed by atoms with E-state index in [0.717, 1.165) is 10.6 Å². The maximum absolute atomic E-state index is 11.9. The van der Waals surface area contributed by atoms with Gasteiger partial charge in [-0.2, -0.15) is 5.10 Å². The lowest BCUT2D eigenvalue weighted by Crippen LogP contribution is -2.39. The summed E-state index contributed by atoms with van der Waals surface area (Å²) in [5, 5.41) is 10.9. The second-order valence-corrected chi connectivity index (χ2v) is 6.31. The summed E-state index contributed by atoms with van der Waals surface area (Å²) in [6, 6.07) is 2.20. The SMILES string of the molecule is Cc1nc(NC(=O)CN[C@@H](C)[C@H](C)n2cccn2)sc1C. The Morgan fingerprint density at radius 2 is 2.19 bits per heavy atom. The number of rotatable bonds is 6. The number of carbonyl (C=O) groups excluding carboxylic acids is 1. The van der Waals surface area contributed by atoms with E-state index in [9.17, 15) is 4.79 Å². The summed E-state index contributed by atoms with van der Waals surface area (Å²) in [4.78, 5) is 17.3. The van der Waals surface area contributed by atoms with Crippen molar-refractivity contribution in [2.45, 2.75) is 39.8 Å². The standard InChI is InChI=1S/C14H21N5OS/c1-9(11(3)19-7-5-6-16-19)15-8-13(20)18-14-17-10(2)12(4)21-14/h5-7,9,11,15H,8H2,1-4H3,(H,17,18,20)/t9-,11-/m0/s1. The predicted molar refractivity (Wildman–Crippen MR) is 84.6 cm³/mol. The molecule has 0 fully saturated rings. The zero-order chi connectivity index (χ0) is 15.4. The number of anilines is 1. The molecule has 2 atom stereocenters. The summed E-state index contributed by atoms with van der Waals surface area (Å²) in [6.07, 6.45) is 3.67. The fourth-order valence-corrected chi connectivity index (χ4v) is 2.70. The Bertz CT molecular complexity index is 573. The molecule has 2 heterocycles. The summed E-state index contributed by atoms with van der Waals surface area (Å²) in [6.45, 7) is 8.29. The predicted octanol–water partition coefficient (Wildman–Crippen LogP) is 2.13. The highest BCUT2D eigenvalue weighted by molar-refractivity contribution is 7.15. The van der Waals surface area contributed by atoms with Crippen LogP contribution < -0.4 is 10.6 Å². The van der Waals surface area contributed by atoms with Crippen LogP contribution >= 0.6 is 11.3 Å². The number of carbonyl (C=O) groups is 1. The van der Waals surface area contributed by atoms with Gasteiger partial charge in [-0.05, 0) is 33.8 Å². The summed E-state index contributed by atoms with van der Waals surface area (Å²) in [5.74, 6) is -0.0803. The Morgan fingerprint density at radius 3 is 2.76 bits per heavy atom. The Hall–Kier alpha value is -1.73. The Kier molecular flexibility index (Phi) is 5.08. The molecule has 2 aromatic rings. The number of aryl methyl sites for hydroxylation is 2. The van der Waals surface area contributed by atoms with Crippen LogP contribution in [0.4, 0.5) is 5.13 Å². The highest BCUT2D eigenvalue weighted by Gasteiger charge is 2.15. The molecular weight excluding hydrogens is 286 g/mol. The fourth-order valence-electron chi connectivity index (χ4n) is 1.86. The van der Waals surface area contributed by atoms with Gasteiger partial charge >= 0.3 is 0 Å². The number of thiazole rings is 1. The van der Waals surface area contributed by atoms with Gasteiger partial charge in [0.1, 0.15) is 0 Å². The van der Waals surface area contributed by atoms with Crippen LogP contribution in [0.2, 0.25) is 0 Å². The highest BCUT2D eigenvalue weighted by Crippen LogP contribution is 2.20. The van der Waals surface area contributed by atoms with Gasteiger partial charge in [-0.3, -0.25) is 9.48 Å². The zero-order valence-electron chi connectivity index (χ0n) is 12.8. The minimum atomic E-state index is -0.0803. The topological polar surface area (TPSA) is 71.8 Å². The van der Waals surface area contributed by atoms with Crippen LogP contribution in [0.1, 0.15) is 30.5 Å². The molecular formula is C14H21N5OS. The first-order valence-electron chi connectivity index (χ1n) is 6.93. The van der Waals surface area contributed by atoms with Crippen LogP contribution in [0, 0.1) is 13.8 Å². The van der Waals surface area contributed by atoms with Crippen molar-refractivity contribution in [1.82, 2.24) is 20.1 Å². The lowest BCUT2D eigenvalue weighted by Gasteiger charge is -2.21. The van der Waals surface area contributed by atoms with Crippen molar-refractivity contribution in [2.24, 2.45) is 0 Å². The molecule has 0 bridgehead atoms. The molecule has 0 unspecified atom stereocenters. The minimum Gasteiger partial charge on any atom is -0.304 e. The molecule has 2 aromatic heterocycles. The third-order valence-corrected chi connectivity index (χ3v) is 4.51. The summed E-state index contributed by atoms with van der Waals surface area (Å²) in [5.41, 5.74) is 0.962. The maximum atomic E-state index is 11.9. The first kappa shape index (κ1) is 15.7. The summed E-state index contributed by atoms with van der Waals surface area (Å²) in [7, 11) is 0. The van der Waals surface area contributed by atoms with E-state index < -0.39 is 0 Å². The van der Waals surface area contributed by atoms with Crippen molar-refractivity contribution in [3.8, 4) is 0 Å². The van der Waals surface area contributed by atoms with E-state index in [4.69, 9.17) is 0 Å². The normalized spacial score (nSPS) is 13.9. The van der Waals surface area contributed by atoms with E-state index in [1.807, 2.05) is 37.7 Å². The van der Waals surface area contributed by atoms with Crippen molar-refractivity contribution in [3.05, 3.63) is 29.0 Å². The van der Waals surface area contributed by atoms with Crippen molar-refractivity contribution in [1.29, 1.82) is 0 Å². The number of aromatic nitrogens is 3. The molecule has 0 saturated heterocycles. The smallest absolute Gasteiger partial charge is 0.240 e. The summed E-state index contributed by atoms with van der Waals surface area (Å²) < 4.78 is 1.88. The van der Waals surface area contributed by atoms with Crippen molar-refractivity contribution in [3.63, 3.8) is 0 Å². The molecule has 0 aliphatic heterocycles. The fraction of sp³-hybridized carbons (Fsp3) is 0.500. The van der Waals surface area contributed by atoms with Crippen molar-refractivity contribution in [2.75, 3.05) is 11.9 Å². The molecule has 1 amide bonds. The molecule has 114 valence electrons. The molecule has 2 rings (SSSR count). The van der Waals surface area contributed by atoms with Gasteiger partial charge in [0.15, 0.2) is 5.13 Å². The zero-order valence-corrected chi connectivity index (χ0v) is 13.6. The Morgan fingerprint density at radius 1 is 1.43 bits per heavy atom. The molecule has 0 aromatic carbocycles. The molecule has 0 saturated carbocycles. The number of nitrogens with one attached hydrogen (secondary N) is 2. The second-order valence-electron chi connectivity index (χ2n) is 5.11. The number of nitrogens with zero attached hydrogens (tertiary/aromatic N) is 3. The van der Waals surface area contributed by atoms with E-state index >= 15 is 0 Å². The number of hydrogen-bond donors (Lipinski definition) is 2. The lowest BCUT2D eigenvalue weighted by molar-refractivity contribution is -0.115. The van der Waals surface area contributed by atoms with Gasteiger partial charge < -0.3 is 10.6 Å². The first-order chi connectivity index (χ1) is 9.97. The van der Waals surface area contributed by atoms with Crippen LogP contribution in [-0.2, 0) is 4.79 Å². The largest absolute Gasteiger partial charge is 0.304 e. The van der Waals surface area contributed by atoms with Gasteiger partial charge in [-0.25, -0.2) is 4.98 Å². The molecule has 21 heavy (non-hydrogen) atoms. The quantitative estimate of drug-likeness (QED) is 0.857. The molecule has 6 nitrogen and oxygen atoms in total. The van der Waals surface area contributed by atoms with E-state index in [0.29, 0.717) is 5.13 Å². The van der Waals surface area contributed by atoms with Crippen molar-refractivity contribution < 1.29 is 4.79 Å². The van der Waals surface area contributed by atoms with E-state index in [1.165, 1.54) is 11.3 Å². The molecule has 0 spiro atoms. The Balaban J connectivity index is 1.81. The molecule has 7 heteroatoms.